The zero-order chi connectivity index (χ0) is 15.3. The number of hydrogen-bond acceptors (Lipinski definition) is 3. The average molecular weight is 351 g/mol. The Bertz CT molecular complexity index is 565. The highest BCUT2D eigenvalue weighted by Gasteiger charge is 2.50. The summed E-state index contributed by atoms with van der Waals surface area (Å²) in [5.41, 5.74) is 0.695. The van der Waals surface area contributed by atoms with Gasteiger partial charge in [-0.25, -0.2) is 0 Å². The first-order valence-electron chi connectivity index (χ1n) is 7.16. The molecule has 0 N–H and O–H groups in total. The van der Waals surface area contributed by atoms with Crippen LogP contribution in [-0.4, -0.2) is 23.7 Å². The van der Waals surface area contributed by atoms with E-state index in [-0.39, 0.29) is 12.4 Å². The molecule has 1 aromatic rings. The van der Waals surface area contributed by atoms with E-state index in [2.05, 4.69) is 15.9 Å². The second-order valence-electron chi connectivity index (χ2n) is 5.04. The number of Topliss-reactive ketones (excluding diaryl/α,β-unsaturated/α-hetero) is 1. The fourth-order valence-electron chi connectivity index (χ4n) is 2.87. The summed E-state index contributed by atoms with van der Waals surface area (Å²) < 4.78 is 5.24. The first-order valence-corrected chi connectivity index (χ1v) is 8.28. The van der Waals surface area contributed by atoms with Gasteiger partial charge in [-0.05, 0) is 30.9 Å². The standard InChI is InChI=1S/C17H19BrO3/c1-2-21-16(20)17(11-5-6-12-18)14-8-4-3-7-13(14)9-10-15(17)19/h3-8H,2,9-12H2,1H3/b6-5+. The highest BCUT2D eigenvalue weighted by atomic mass is 79.9. The molecule has 1 atom stereocenters. The van der Waals surface area contributed by atoms with Crippen LogP contribution in [0.4, 0.5) is 0 Å². The second kappa shape index (κ2) is 7.03. The summed E-state index contributed by atoms with van der Waals surface area (Å²) in [4.78, 5) is 25.2. The summed E-state index contributed by atoms with van der Waals surface area (Å²) >= 11 is 3.32. The number of aryl methyl sites for hydroxylation is 1. The number of carbonyl (C=O) groups is 2. The van der Waals surface area contributed by atoms with Gasteiger partial charge in [0.15, 0.2) is 11.2 Å². The maximum atomic E-state index is 12.6. The van der Waals surface area contributed by atoms with E-state index in [1.54, 1.807) is 6.92 Å². The molecule has 2 rings (SSSR count). The Hall–Kier alpha value is -1.42. The van der Waals surface area contributed by atoms with Crippen molar-refractivity contribution in [1.29, 1.82) is 0 Å². The van der Waals surface area contributed by atoms with Gasteiger partial charge in [0.2, 0.25) is 0 Å². The zero-order valence-corrected chi connectivity index (χ0v) is 13.7. The highest BCUT2D eigenvalue weighted by molar-refractivity contribution is 9.09. The number of benzene rings is 1. The summed E-state index contributed by atoms with van der Waals surface area (Å²) in [7, 11) is 0. The molecule has 112 valence electrons. The lowest BCUT2D eigenvalue weighted by Gasteiger charge is -2.34. The molecule has 0 heterocycles. The Morgan fingerprint density at radius 3 is 2.81 bits per heavy atom. The lowest BCUT2D eigenvalue weighted by atomic mass is 9.67. The van der Waals surface area contributed by atoms with Crippen molar-refractivity contribution in [3.05, 3.63) is 47.5 Å². The lowest BCUT2D eigenvalue weighted by molar-refractivity contribution is -0.154. The van der Waals surface area contributed by atoms with Gasteiger partial charge >= 0.3 is 5.97 Å². The number of ketones is 1. The van der Waals surface area contributed by atoms with Crippen molar-refractivity contribution >= 4 is 27.7 Å². The van der Waals surface area contributed by atoms with Crippen LogP contribution < -0.4 is 0 Å². The second-order valence-corrected chi connectivity index (χ2v) is 5.68. The van der Waals surface area contributed by atoms with Gasteiger partial charge in [0.25, 0.3) is 0 Å². The maximum absolute atomic E-state index is 12.6. The predicted molar refractivity (Wildman–Crippen MR) is 85.6 cm³/mol. The van der Waals surface area contributed by atoms with Crippen molar-refractivity contribution in [2.45, 2.75) is 31.6 Å². The van der Waals surface area contributed by atoms with Gasteiger partial charge in [0, 0.05) is 11.8 Å². The van der Waals surface area contributed by atoms with E-state index in [9.17, 15) is 9.59 Å². The van der Waals surface area contributed by atoms with E-state index in [0.29, 0.717) is 24.6 Å². The first kappa shape index (κ1) is 16.0. The molecule has 1 aliphatic rings. The van der Waals surface area contributed by atoms with Crippen molar-refractivity contribution in [3.8, 4) is 0 Å². The quantitative estimate of drug-likeness (QED) is 0.354. The minimum Gasteiger partial charge on any atom is -0.465 e. The normalized spacial score (nSPS) is 21.3. The molecule has 0 aromatic heterocycles. The molecule has 0 aliphatic heterocycles. The van der Waals surface area contributed by atoms with Gasteiger partial charge in [-0.2, -0.15) is 0 Å². The van der Waals surface area contributed by atoms with Gasteiger partial charge in [-0.3, -0.25) is 9.59 Å². The van der Waals surface area contributed by atoms with E-state index >= 15 is 0 Å². The number of alkyl halides is 1. The van der Waals surface area contributed by atoms with Gasteiger partial charge in [-0.15, -0.1) is 0 Å². The molecule has 0 radical (unpaired) electrons. The molecule has 4 heteroatoms. The van der Waals surface area contributed by atoms with Crippen LogP contribution in [0.5, 0.6) is 0 Å². The van der Waals surface area contributed by atoms with Crippen molar-refractivity contribution in [3.63, 3.8) is 0 Å². The number of halogens is 1. The lowest BCUT2D eigenvalue weighted by Crippen LogP contribution is -2.47. The van der Waals surface area contributed by atoms with Crippen LogP contribution in [-0.2, 0) is 26.2 Å². The fraction of sp³-hybridized carbons (Fsp3) is 0.412. The minimum atomic E-state index is -1.18. The van der Waals surface area contributed by atoms with Crippen LogP contribution in [0.3, 0.4) is 0 Å². The van der Waals surface area contributed by atoms with E-state index in [1.807, 2.05) is 36.4 Å². The molecule has 1 aliphatic carbocycles. The van der Waals surface area contributed by atoms with Crippen LogP contribution >= 0.6 is 15.9 Å². The molecule has 0 saturated heterocycles. The van der Waals surface area contributed by atoms with Crippen molar-refractivity contribution in [2.75, 3.05) is 11.9 Å². The van der Waals surface area contributed by atoms with E-state index in [0.717, 1.165) is 11.1 Å². The largest absolute Gasteiger partial charge is 0.465 e. The predicted octanol–water partition coefficient (Wildman–Crippen LogP) is 3.34. The molecule has 21 heavy (non-hydrogen) atoms. The number of ether oxygens (including phenoxy) is 1. The average Bonchev–Trinajstić information content (AvgIpc) is 2.50. The SMILES string of the molecule is CCOC(=O)C1(C/C=C/CBr)C(=O)CCc2ccccc21. The number of hydrogen-bond donors (Lipinski definition) is 0. The Labute approximate surface area is 133 Å². The maximum Gasteiger partial charge on any atom is 0.324 e. The highest BCUT2D eigenvalue weighted by Crippen LogP contribution is 2.39. The molecular formula is C17H19BrO3. The molecule has 0 amide bonds. The number of esters is 1. The zero-order valence-electron chi connectivity index (χ0n) is 12.1. The molecular weight excluding hydrogens is 332 g/mol. The van der Waals surface area contributed by atoms with Crippen molar-refractivity contribution in [2.24, 2.45) is 0 Å². The molecule has 0 bridgehead atoms. The number of fused-ring (bicyclic) bond motifs is 1. The van der Waals surface area contributed by atoms with Crippen LogP contribution in [0.1, 0.15) is 30.9 Å². The molecule has 3 nitrogen and oxygen atoms in total. The van der Waals surface area contributed by atoms with Crippen LogP contribution in [0.25, 0.3) is 0 Å². The van der Waals surface area contributed by atoms with Gasteiger partial charge in [0.1, 0.15) is 0 Å². The monoisotopic (exact) mass is 350 g/mol. The third-order valence-electron chi connectivity index (χ3n) is 3.88. The fourth-order valence-corrected chi connectivity index (χ4v) is 3.14. The van der Waals surface area contributed by atoms with Crippen LogP contribution in [0.15, 0.2) is 36.4 Å². The van der Waals surface area contributed by atoms with Crippen LogP contribution in [0.2, 0.25) is 0 Å². The van der Waals surface area contributed by atoms with Gasteiger partial charge in [-0.1, -0.05) is 52.3 Å². The molecule has 0 fully saturated rings. The van der Waals surface area contributed by atoms with Crippen molar-refractivity contribution in [1.82, 2.24) is 0 Å². The number of allylic oxidation sites excluding steroid dienone is 2. The van der Waals surface area contributed by atoms with Crippen molar-refractivity contribution < 1.29 is 14.3 Å². The Morgan fingerprint density at radius 1 is 1.33 bits per heavy atom. The molecule has 0 saturated carbocycles. The van der Waals surface area contributed by atoms with Crippen LogP contribution in [0, 0.1) is 0 Å². The Morgan fingerprint density at radius 2 is 2.10 bits per heavy atom. The topological polar surface area (TPSA) is 43.4 Å². The first-order chi connectivity index (χ1) is 10.2. The Kier molecular flexibility index (Phi) is 5.34. The molecule has 0 spiro atoms. The molecule has 1 unspecified atom stereocenters. The van der Waals surface area contributed by atoms with Gasteiger partial charge in [0.05, 0.1) is 6.61 Å². The Balaban J connectivity index is 2.54. The van der Waals surface area contributed by atoms with E-state index in [4.69, 9.17) is 4.74 Å². The summed E-state index contributed by atoms with van der Waals surface area (Å²) in [5.74, 6) is -0.472. The van der Waals surface area contributed by atoms with Gasteiger partial charge < -0.3 is 4.74 Å². The third-order valence-corrected chi connectivity index (χ3v) is 4.25. The number of rotatable bonds is 5. The minimum absolute atomic E-state index is 0.0427. The number of carbonyl (C=O) groups excluding carboxylic acids is 2. The third kappa shape index (κ3) is 2.95. The van der Waals surface area contributed by atoms with E-state index in [1.165, 1.54) is 0 Å². The summed E-state index contributed by atoms with van der Waals surface area (Å²) in [5, 5.41) is 0.696. The summed E-state index contributed by atoms with van der Waals surface area (Å²) in [6, 6.07) is 7.69. The smallest absolute Gasteiger partial charge is 0.324 e. The molecule has 1 aromatic carbocycles. The summed E-state index contributed by atoms with van der Waals surface area (Å²) in [6.45, 7) is 2.04. The summed E-state index contributed by atoms with van der Waals surface area (Å²) in [6.07, 6.45) is 5.22. The van der Waals surface area contributed by atoms with E-state index < -0.39 is 11.4 Å².